The molecule has 82 valence electrons. The average molecular weight is 204 g/mol. The standard InChI is InChI=1S/C14H20O/c1-3-4-5-6-12(2)11-13-7-9-14(15)10-8-13/h5-10,12,15H,3-4,11H2,1-2H3. The predicted octanol–water partition coefficient (Wildman–Crippen LogP) is 3.93. The van der Waals surface area contributed by atoms with Crippen molar-refractivity contribution in [3.63, 3.8) is 0 Å². The van der Waals surface area contributed by atoms with Crippen LogP contribution in [0.5, 0.6) is 5.75 Å². The van der Waals surface area contributed by atoms with Crippen molar-refractivity contribution in [2.75, 3.05) is 0 Å². The number of hydrogen-bond acceptors (Lipinski definition) is 1. The Morgan fingerprint density at radius 1 is 1.27 bits per heavy atom. The second-order valence-corrected chi connectivity index (χ2v) is 4.06. The maximum atomic E-state index is 9.15. The van der Waals surface area contributed by atoms with Gasteiger partial charge in [-0.2, -0.15) is 0 Å². The van der Waals surface area contributed by atoms with Crippen LogP contribution < -0.4 is 0 Å². The van der Waals surface area contributed by atoms with Crippen LogP contribution >= 0.6 is 0 Å². The van der Waals surface area contributed by atoms with Crippen LogP contribution in [0, 0.1) is 5.92 Å². The quantitative estimate of drug-likeness (QED) is 0.720. The zero-order chi connectivity index (χ0) is 11.1. The van der Waals surface area contributed by atoms with Crippen molar-refractivity contribution in [3.05, 3.63) is 42.0 Å². The van der Waals surface area contributed by atoms with Crippen molar-refractivity contribution >= 4 is 0 Å². The van der Waals surface area contributed by atoms with Gasteiger partial charge in [0.1, 0.15) is 5.75 Å². The second kappa shape index (κ2) is 6.28. The van der Waals surface area contributed by atoms with Crippen LogP contribution in [0.15, 0.2) is 36.4 Å². The Bertz CT molecular complexity index is 298. The summed E-state index contributed by atoms with van der Waals surface area (Å²) in [6.07, 6.45) is 7.95. The number of allylic oxidation sites excluding steroid dienone is 2. The van der Waals surface area contributed by atoms with E-state index < -0.39 is 0 Å². The van der Waals surface area contributed by atoms with Crippen LogP contribution in [0.1, 0.15) is 32.3 Å². The highest BCUT2D eigenvalue weighted by molar-refractivity contribution is 5.26. The van der Waals surface area contributed by atoms with Crippen LogP contribution in [0.25, 0.3) is 0 Å². The molecule has 1 aromatic rings. The summed E-state index contributed by atoms with van der Waals surface area (Å²) >= 11 is 0. The molecule has 0 amide bonds. The zero-order valence-corrected chi connectivity index (χ0v) is 9.61. The minimum atomic E-state index is 0.341. The van der Waals surface area contributed by atoms with Gasteiger partial charge in [0.15, 0.2) is 0 Å². The van der Waals surface area contributed by atoms with Gasteiger partial charge in [-0.3, -0.25) is 0 Å². The largest absolute Gasteiger partial charge is 0.508 e. The SMILES string of the molecule is CCCC=CC(C)Cc1ccc(O)cc1. The van der Waals surface area contributed by atoms with E-state index in [9.17, 15) is 0 Å². The van der Waals surface area contributed by atoms with Crippen LogP contribution in [0.4, 0.5) is 0 Å². The average Bonchev–Trinajstić information content (AvgIpc) is 2.22. The summed E-state index contributed by atoms with van der Waals surface area (Å²) in [7, 11) is 0. The van der Waals surface area contributed by atoms with E-state index >= 15 is 0 Å². The smallest absolute Gasteiger partial charge is 0.115 e. The third-order valence-electron chi connectivity index (χ3n) is 2.41. The Hall–Kier alpha value is -1.24. The van der Waals surface area contributed by atoms with Crippen molar-refractivity contribution < 1.29 is 5.11 Å². The summed E-state index contributed by atoms with van der Waals surface area (Å²) < 4.78 is 0. The summed E-state index contributed by atoms with van der Waals surface area (Å²) in [5, 5.41) is 9.15. The summed E-state index contributed by atoms with van der Waals surface area (Å²) in [5.41, 5.74) is 1.28. The molecular weight excluding hydrogens is 184 g/mol. The molecule has 1 atom stereocenters. The van der Waals surface area contributed by atoms with Gasteiger partial charge in [-0.15, -0.1) is 0 Å². The van der Waals surface area contributed by atoms with Crippen molar-refractivity contribution in [2.24, 2.45) is 5.92 Å². The topological polar surface area (TPSA) is 20.2 Å². The van der Waals surface area contributed by atoms with Crippen molar-refractivity contribution in [1.82, 2.24) is 0 Å². The number of unbranched alkanes of at least 4 members (excludes halogenated alkanes) is 1. The van der Waals surface area contributed by atoms with Crippen LogP contribution in [-0.2, 0) is 6.42 Å². The molecule has 1 N–H and O–H groups in total. The normalized spacial score (nSPS) is 13.2. The molecule has 1 nitrogen and oxygen atoms in total. The van der Waals surface area contributed by atoms with Crippen LogP contribution in [-0.4, -0.2) is 5.11 Å². The van der Waals surface area contributed by atoms with E-state index in [4.69, 9.17) is 5.11 Å². The van der Waals surface area contributed by atoms with Gasteiger partial charge < -0.3 is 5.11 Å². The first kappa shape index (κ1) is 11.8. The highest BCUT2D eigenvalue weighted by Gasteiger charge is 1.99. The van der Waals surface area contributed by atoms with E-state index in [1.54, 1.807) is 12.1 Å². The summed E-state index contributed by atoms with van der Waals surface area (Å²) in [6, 6.07) is 7.47. The maximum absolute atomic E-state index is 9.15. The molecule has 1 heteroatoms. The highest BCUT2D eigenvalue weighted by atomic mass is 16.3. The van der Waals surface area contributed by atoms with Gasteiger partial charge in [0.05, 0.1) is 0 Å². The summed E-state index contributed by atoms with van der Waals surface area (Å²) in [5.74, 6) is 0.911. The van der Waals surface area contributed by atoms with Gasteiger partial charge in [0.2, 0.25) is 0 Å². The first-order chi connectivity index (χ1) is 7.22. The molecule has 0 bridgehead atoms. The van der Waals surface area contributed by atoms with Crippen molar-refractivity contribution in [2.45, 2.75) is 33.1 Å². The Labute approximate surface area is 92.5 Å². The van der Waals surface area contributed by atoms with Gasteiger partial charge >= 0.3 is 0 Å². The molecular formula is C14H20O. The molecule has 0 radical (unpaired) electrons. The van der Waals surface area contributed by atoms with E-state index in [2.05, 4.69) is 26.0 Å². The monoisotopic (exact) mass is 204 g/mol. The highest BCUT2D eigenvalue weighted by Crippen LogP contribution is 2.14. The predicted molar refractivity (Wildman–Crippen MR) is 65.0 cm³/mol. The number of phenols is 1. The fourth-order valence-corrected chi connectivity index (χ4v) is 1.57. The molecule has 0 aliphatic carbocycles. The molecule has 0 saturated heterocycles. The molecule has 0 aliphatic heterocycles. The van der Waals surface area contributed by atoms with E-state index in [0.29, 0.717) is 11.7 Å². The van der Waals surface area contributed by atoms with Gasteiger partial charge in [0.25, 0.3) is 0 Å². The van der Waals surface area contributed by atoms with Gasteiger partial charge in [-0.25, -0.2) is 0 Å². The molecule has 1 aromatic carbocycles. The number of rotatable bonds is 5. The molecule has 0 heterocycles. The van der Waals surface area contributed by atoms with Gasteiger partial charge in [0, 0.05) is 0 Å². The lowest BCUT2D eigenvalue weighted by Crippen LogP contribution is -1.95. The Morgan fingerprint density at radius 3 is 2.53 bits per heavy atom. The Morgan fingerprint density at radius 2 is 1.93 bits per heavy atom. The van der Waals surface area contributed by atoms with E-state index in [0.717, 1.165) is 6.42 Å². The lowest BCUT2D eigenvalue weighted by atomic mass is 10.0. The van der Waals surface area contributed by atoms with Gasteiger partial charge in [-0.05, 0) is 36.5 Å². The maximum Gasteiger partial charge on any atom is 0.115 e. The lowest BCUT2D eigenvalue weighted by Gasteiger charge is -2.06. The minimum Gasteiger partial charge on any atom is -0.508 e. The molecule has 1 rings (SSSR count). The first-order valence-electron chi connectivity index (χ1n) is 5.67. The zero-order valence-electron chi connectivity index (χ0n) is 9.61. The Balaban J connectivity index is 2.44. The van der Waals surface area contributed by atoms with Crippen molar-refractivity contribution in [1.29, 1.82) is 0 Å². The molecule has 0 spiro atoms. The number of benzene rings is 1. The number of phenolic OH excluding ortho intramolecular Hbond substituents is 1. The molecule has 0 fully saturated rings. The number of hydrogen-bond donors (Lipinski definition) is 1. The van der Waals surface area contributed by atoms with E-state index in [1.807, 2.05) is 12.1 Å². The molecule has 0 aromatic heterocycles. The Kier molecular flexibility index (Phi) is 4.96. The fourth-order valence-electron chi connectivity index (χ4n) is 1.57. The molecule has 0 saturated carbocycles. The second-order valence-electron chi connectivity index (χ2n) is 4.06. The van der Waals surface area contributed by atoms with E-state index in [1.165, 1.54) is 18.4 Å². The van der Waals surface area contributed by atoms with E-state index in [-0.39, 0.29) is 0 Å². The molecule has 0 aliphatic rings. The van der Waals surface area contributed by atoms with Crippen molar-refractivity contribution in [3.8, 4) is 5.75 Å². The molecule has 1 unspecified atom stereocenters. The number of aromatic hydroxyl groups is 1. The molecule has 15 heavy (non-hydrogen) atoms. The third kappa shape index (κ3) is 4.68. The van der Waals surface area contributed by atoms with Crippen LogP contribution in [0.2, 0.25) is 0 Å². The van der Waals surface area contributed by atoms with Crippen LogP contribution in [0.3, 0.4) is 0 Å². The van der Waals surface area contributed by atoms with Gasteiger partial charge in [-0.1, -0.05) is 44.6 Å². The fraction of sp³-hybridized carbons (Fsp3) is 0.429. The third-order valence-corrected chi connectivity index (χ3v) is 2.41. The summed E-state index contributed by atoms with van der Waals surface area (Å²) in [6.45, 7) is 4.41. The first-order valence-corrected chi connectivity index (χ1v) is 5.67. The summed E-state index contributed by atoms with van der Waals surface area (Å²) in [4.78, 5) is 0. The minimum absolute atomic E-state index is 0.341. The lowest BCUT2D eigenvalue weighted by molar-refractivity contribution is 0.475.